The van der Waals surface area contributed by atoms with Crippen LogP contribution in [0.25, 0.3) is 33.6 Å². The SMILES string of the molecule is Cc1c(-c2ccc(-c3cnc(C4CCCN4C(=O)C(NC(=O)O)C4CC(C)OC(C)C4)[nH]3)cc2)ccc(-c2cnc(C3CCCN3C(=O)[C@@H](NC(=O)O)C3C[C@@H](C)O[C@@H](C)C3)[nH]2)c1C. The standard InChI is InChI=1S/C48H62N8O8/c1-25-19-33(20-26(2)63-25)41(53-47(59)60)45(57)55-17-7-9-39(55)43-49-23-37(51-43)32-13-11-31(12-14-32)35-15-16-36(30(6)29(35)5)38-24-50-44(52-38)40-10-8-18-56(40)46(58)42(54-48(61)62)34-21-27(3)64-28(4)22-34/h11-16,23-28,33-34,39-42,53-54H,7-10,17-22H2,1-6H3,(H,49,51)(H,50,52)(H,59,60)(H,61,62)/t25?,26?,27-,28+,33?,34?,39?,40?,41?,42-/m0/s1. The lowest BCUT2D eigenvalue weighted by Gasteiger charge is -2.38. The van der Waals surface area contributed by atoms with E-state index in [1.54, 1.807) is 16.0 Å². The summed E-state index contributed by atoms with van der Waals surface area (Å²) in [5, 5.41) is 24.5. The van der Waals surface area contributed by atoms with E-state index >= 15 is 0 Å². The van der Waals surface area contributed by atoms with Crippen molar-refractivity contribution in [1.29, 1.82) is 0 Å². The van der Waals surface area contributed by atoms with Crippen molar-refractivity contribution in [3.8, 4) is 33.6 Å². The molecule has 16 nitrogen and oxygen atoms in total. The van der Waals surface area contributed by atoms with E-state index in [-0.39, 0.29) is 60.1 Å². The van der Waals surface area contributed by atoms with E-state index in [1.165, 1.54) is 0 Å². The number of ether oxygens (including phenoxy) is 2. The molecule has 64 heavy (non-hydrogen) atoms. The number of aromatic amines is 2. The van der Waals surface area contributed by atoms with Crippen molar-refractivity contribution in [2.24, 2.45) is 11.8 Å². The van der Waals surface area contributed by atoms with Crippen LogP contribution in [0.15, 0.2) is 48.8 Å². The molecule has 4 aliphatic rings. The van der Waals surface area contributed by atoms with Gasteiger partial charge in [-0.05, 0) is 133 Å². The van der Waals surface area contributed by atoms with Crippen molar-refractivity contribution in [3.05, 3.63) is 71.6 Å². The van der Waals surface area contributed by atoms with E-state index in [2.05, 4.69) is 70.8 Å². The molecule has 0 spiro atoms. The van der Waals surface area contributed by atoms with Crippen LogP contribution in [-0.4, -0.2) is 114 Å². The Kier molecular flexibility index (Phi) is 13.2. The minimum atomic E-state index is -1.21. The predicted molar refractivity (Wildman–Crippen MR) is 239 cm³/mol. The second-order valence-corrected chi connectivity index (χ2v) is 18.6. The Morgan fingerprint density at radius 2 is 1.03 bits per heavy atom. The second-order valence-electron chi connectivity index (χ2n) is 18.6. The molecule has 8 rings (SSSR count). The molecule has 4 fully saturated rings. The van der Waals surface area contributed by atoms with Gasteiger partial charge in [0.05, 0.1) is 60.3 Å². The maximum atomic E-state index is 14.1. The average Bonchev–Trinajstić information content (AvgIpc) is 4.09. The summed E-state index contributed by atoms with van der Waals surface area (Å²) in [5.74, 6) is 0.613. The van der Waals surface area contributed by atoms with E-state index in [9.17, 15) is 29.4 Å². The Labute approximate surface area is 373 Å². The number of rotatable bonds is 11. The van der Waals surface area contributed by atoms with Gasteiger partial charge in [0.1, 0.15) is 23.7 Å². The average molecular weight is 879 g/mol. The van der Waals surface area contributed by atoms with Gasteiger partial charge in [-0.25, -0.2) is 19.6 Å². The Bertz CT molecular complexity index is 2320. The minimum Gasteiger partial charge on any atom is -0.465 e. The van der Waals surface area contributed by atoms with Crippen molar-refractivity contribution in [2.75, 3.05) is 13.1 Å². The van der Waals surface area contributed by atoms with Crippen LogP contribution in [0.4, 0.5) is 9.59 Å². The topological polar surface area (TPSA) is 215 Å². The largest absolute Gasteiger partial charge is 0.465 e. The van der Waals surface area contributed by atoms with Gasteiger partial charge >= 0.3 is 12.2 Å². The quantitative estimate of drug-likeness (QED) is 0.0861. The lowest BCUT2D eigenvalue weighted by atomic mass is 9.85. The third-order valence-corrected chi connectivity index (χ3v) is 14.0. The van der Waals surface area contributed by atoms with Crippen LogP contribution in [0.1, 0.15) is 114 Å². The summed E-state index contributed by atoms with van der Waals surface area (Å²) in [5.41, 5.74) is 8.01. The number of nitrogens with one attached hydrogen (secondary N) is 4. The highest BCUT2D eigenvalue weighted by Crippen LogP contribution is 2.39. The summed E-state index contributed by atoms with van der Waals surface area (Å²) in [7, 11) is 0. The molecule has 9 atom stereocenters. The molecule has 6 heterocycles. The predicted octanol–water partition coefficient (Wildman–Crippen LogP) is 7.76. The van der Waals surface area contributed by atoms with Crippen LogP contribution >= 0.6 is 0 Å². The van der Waals surface area contributed by atoms with Crippen LogP contribution in [0.3, 0.4) is 0 Å². The molecule has 6 unspecified atom stereocenters. The highest BCUT2D eigenvalue weighted by molar-refractivity contribution is 5.87. The first-order chi connectivity index (χ1) is 30.6. The number of aromatic nitrogens is 4. The molecule has 4 aromatic rings. The molecule has 342 valence electrons. The zero-order valence-electron chi connectivity index (χ0n) is 37.6. The molecule has 6 N–H and O–H groups in total. The lowest BCUT2D eigenvalue weighted by Crippen LogP contribution is -2.54. The van der Waals surface area contributed by atoms with Gasteiger partial charge in [-0.3, -0.25) is 9.59 Å². The van der Waals surface area contributed by atoms with E-state index in [1.807, 2.05) is 33.9 Å². The van der Waals surface area contributed by atoms with Crippen LogP contribution in [-0.2, 0) is 19.1 Å². The fourth-order valence-corrected chi connectivity index (χ4v) is 11.0. The molecule has 2 aromatic carbocycles. The number of imidazole rings is 2. The van der Waals surface area contributed by atoms with Crippen molar-refractivity contribution in [1.82, 2.24) is 40.4 Å². The number of hydrogen-bond donors (Lipinski definition) is 6. The van der Waals surface area contributed by atoms with Crippen molar-refractivity contribution >= 4 is 24.0 Å². The second kappa shape index (κ2) is 18.8. The number of likely N-dealkylation sites (tertiary alicyclic amines) is 2. The number of nitrogens with zero attached hydrogens (tertiary/aromatic N) is 4. The number of carbonyl (C=O) groups excluding carboxylic acids is 2. The molecule has 0 radical (unpaired) electrons. The van der Waals surface area contributed by atoms with E-state index in [0.717, 1.165) is 70.5 Å². The first-order valence-corrected chi connectivity index (χ1v) is 22.9. The molecule has 0 aliphatic carbocycles. The summed E-state index contributed by atoms with van der Waals surface area (Å²) in [6.45, 7) is 13.1. The maximum Gasteiger partial charge on any atom is 0.405 e. The number of hydrogen-bond acceptors (Lipinski definition) is 8. The monoisotopic (exact) mass is 878 g/mol. The van der Waals surface area contributed by atoms with Crippen LogP contribution in [0.5, 0.6) is 0 Å². The Hall–Kier alpha value is -5.74. The number of benzene rings is 2. The molecule has 4 amide bonds. The molecular weight excluding hydrogens is 817 g/mol. The van der Waals surface area contributed by atoms with E-state index < -0.39 is 24.3 Å². The van der Waals surface area contributed by atoms with Gasteiger partial charge in [-0.15, -0.1) is 0 Å². The molecule has 0 saturated carbocycles. The molecule has 4 aliphatic heterocycles. The zero-order chi connectivity index (χ0) is 45.4. The van der Waals surface area contributed by atoms with Gasteiger partial charge in [0.25, 0.3) is 0 Å². The van der Waals surface area contributed by atoms with Crippen molar-refractivity contribution in [3.63, 3.8) is 0 Å². The van der Waals surface area contributed by atoms with Crippen LogP contribution < -0.4 is 10.6 Å². The third kappa shape index (κ3) is 9.39. The Morgan fingerprint density at radius 1 is 0.625 bits per heavy atom. The fourth-order valence-electron chi connectivity index (χ4n) is 11.0. The number of amides is 4. The molecule has 2 aromatic heterocycles. The van der Waals surface area contributed by atoms with Gasteiger partial charge in [0.15, 0.2) is 0 Å². The normalized spacial score (nSPS) is 27.0. The van der Waals surface area contributed by atoms with Gasteiger partial charge in [0.2, 0.25) is 11.8 Å². The molecule has 0 bridgehead atoms. The maximum absolute atomic E-state index is 14.1. The van der Waals surface area contributed by atoms with Gasteiger partial charge < -0.3 is 50.1 Å². The smallest absolute Gasteiger partial charge is 0.405 e. The fraction of sp³-hybridized carbons (Fsp3) is 0.542. The number of carbonyl (C=O) groups is 4. The molecule has 16 heteroatoms. The van der Waals surface area contributed by atoms with Gasteiger partial charge in [0, 0.05) is 18.7 Å². The zero-order valence-corrected chi connectivity index (χ0v) is 37.6. The van der Waals surface area contributed by atoms with E-state index in [0.29, 0.717) is 50.4 Å². The summed E-state index contributed by atoms with van der Waals surface area (Å²) in [6, 6.07) is 10.2. The van der Waals surface area contributed by atoms with Crippen LogP contribution in [0.2, 0.25) is 0 Å². The summed E-state index contributed by atoms with van der Waals surface area (Å²) < 4.78 is 11.8. The summed E-state index contributed by atoms with van der Waals surface area (Å²) >= 11 is 0. The first-order valence-electron chi connectivity index (χ1n) is 22.9. The summed E-state index contributed by atoms with van der Waals surface area (Å²) in [6.07, 6.45) is 6.42. The van der Waals surface area contributed by atoms with Crippen LogP contribution in [0, 0.1) is 25.7 Å². The first kappa shape index (κ1) is 44.9. The molecular formula is C48H62N8O8. The Balaban J connectivity index is 0.951. The van der Waals surface area contributed by atoms with Crippen molar-refractivity contribution < 1.29 is 38.9 Å². The minimum absolute atomic E-state index is 0.0613. The highest BCUT2D eigenvalue weighted by Gasteiger charge is 2.43. The Morgan fingerprint density at radius 3 is 1.50 bits per heavy atom. The summed E-state index contributed by atoms with van der Waals surface area (Å²) in [4.78, 5) is 72.0. The lowest BCUT2D eigenvalue weighted by molar-refractivity contribution is -0.139. The number of H-pyrrole nitrogens is 2. The van der Waals surface area contributed by atoms with Crippen molar-refractivity contribution in [2.45, 2.75) is 141 Å². The molecule has 4 saturated heterocycles. The highest BCUT2D eigenvalue weighted by atomic mass is 16.5. The van der Waals surface area contributed by atoms with Gasteiger partial charge in [-0.1, -0.05) is 36.4 Å². The third-order valence-electron chi connectivity index (χ3n) is 14.0. The van der Waals surface area contributed by atoms with E-state index in [4.69, 9.17) is 19.4 Å². The van der Waals surface area contributed by atoms with Gasteiger partial charge in [-0.2, -0.15) is 0 Å². The number of carboxylic acid groups (broad SMARTS) is 2.